The van der Waals surface area contributed by atoms with Gasteiger partial charge in [0.2, 0.25) is 0 Å². The first-order valence-electron chi connectivity index (χ1n) is 2.52. The fraction of sp³-hybridized carbons (Fsp3) is 0.286. The molecule has 0 heterocycles. The van der Waals surface area contributed by atoms with Crippen molar-refractivity contribution < 1.29 is 0 Å². The molecule has 1 nitrogen and oxygen atoms in total. The van der Waals surface area contributed by atoms with Crippen molar-refractivity contribution in [2.24, 2.45) is 0 Å². The van der Waals surface area contributed by atoms with Crippen molar-refractivity contribution >= 4 is 16.8 Å². The highest BCUT2D eigenvalue weighted by molar-refractivity contribution is 6.67. The van der Waals surface area contributed by atoms with E-state index in [1.165, 1.54) is 6.08 Å². The lowest BCUT2D eigenvalue weighted by atomic mass is 10.3. The molecular weight excluding hydrogens is 134 g/mol. The first-order valence-corrected chi connectivity index (χ1v) is 2.89. The summed E-state index contributed by atoms with van der Waals surface area (Å²) in [5.41, 5.74) is 0.817. The maximum atomic E-state index is 6.82. The van der Waals surface area contributed by atoms with Crippen LogP contribution in [-0.4, -0.2) is 5.17 Å². The molecule has 0 bridgehead atoms. The van der Waals surface area contributed by atoms with Crippen LogP contribution >= 0.6 is 11.6 Å². The fourth-order valence-corrected chi connectivity index (χ4v) is 0.587. The molecule has 0 amide bonds. The van der Waals surface area contributed by atoms with E-state index in [0.29, 0.717) is 0 Å². The average molecular weight is 142 g/mol. The van der Waals surface area contributed by atoms with Crippen LogP contribution < -0.4 is 0 Å². The molecule has 0 saturated carbocycles. The Morgan fingerprint density at radius 3 is 2.56 bits per heavy atom. The molecule has 9 heavy (non-hydrogen) atoms. The Bertz CT molecular complexity index is 193. The Kier molecular flexibility index (Phi) is 3.83. The van der Waals surface area contributed by atoms with Gasteiger partial charge in [0.05, 0.1) is 0 Å². The molecule has 0 saturated heterocycles. The zero-order valence-corrected chi connectivity index (χ0v) is 6.21. The van der Waals surface area contributed by atoms with Crippen LogP contribution in [0, 0.1) is 17.3 Å². The molecule has 0 spiro atoms. The first-order chi connectivity index (χ1) is 4.16. The Hall–Kier alpha value is -0.740. The lowest BCUT2D eigenvalue weighted by Gasteiger charge is -1.82. The summed E-state index contributed by atoms with van der Waals surface area (Å²) in [7, 11) is 0. The largest absolute Gasteiger partial charge is 0.289 e. The van der Waals surface area contributed by atoms with E-state index in [0.717, 1.165) is 5.57 Å². The molecule has 0 aliphatic rings. The molecule has 0 aliphatic heterocycles. The van der Waals surface area contributed by atoms with E-state index >= 15 is 0 Å². The monoisotopic (exact) mass is 141 g/mol. The van der Waals surface area contributed by atoms with Crippen molar-refractivity contribution in [3.05, 3.63) is 11.6 Å². The van der Waals surface area contributed by atoms with Gasteiger partial charge in [0.15, 0.2) is 0 Å². The summed E-state index contributed by atoms with van der Waals surface area (Å²) < 4.78 is 0. The molecule has 0 aromatic heterocycles. The zero-order chi connectivity index (χ0) is 7.28. The molecular formula is C7H8ClN. The van der Waals surface area contributed by atoms with E-state index in [1.807, 2.05) is 6.92 Å². The van der Waals surface area contributed by atoms with Crippen LogP contribution in [0.4, 0.5) is 0 Å². The number of allylic oxidation sites excluding steroid dienone is 2. The Morgan fingerprint density at radius 2 is 2.22 bits per heavy atom. The van der Waals surface area contributed by atoms with Gasteiger partial charge < -0.3 is 0 Å². The van der Waals surface area contributed by atoms with Gasteiger partial charge in [-0.15, -0.1) is 5.92 Å². The van der Waals surface area contributed by atoms with Crippen LogP contribution in [0.1, 0.15) is 13.8 Å². The lowest BCUT2D eigenvalue weighted by Crippen LogP contribution is -1.76. The minimum Gasteiger partial charge on any atom is -0.289 e. The highest BCUT2D eigenvalue weighted by Crippen LogP contribution is 1.92. The molecule has 0 unspecified atom stereocenters. The van der Waals surface area contributed by atoms with Crippen molar-refractivity contribution in [1.29, 1.82) is 5.41 Å². The van der Waals surface area contributed by atoms with Crippen molar-refractivity contribution in [2.75, 3.05) is 0 Å². The van der Waals surface area contributed by atoms with Crippen LogP contribution in [0.2, 0.25) is 0 Å². The Labute approximate surface area is 60.2 Å². The van der Waals surface area contributed by atoms with Gasteiger partial charge in [0.25, 0.3) is 0 Å². The van der Waals surface area contributed by atoms with Gasteiger partial charge in [-0.05, 0) is 19.9 Å². The van der Waals surface area contributed by atoms with Gasteiger partial charge in [0, 0.05) is 5.57 Å². The zero-order valence-electron chi connectivity index (χ0n) is 5.46. The molecule has 48 valence electrons. The second-order valence-electron chi connectivity index (χ2n) is 1.55. The third-order valence-corrected chi connectivity index (χ3v) is 0.775. The Balaban J connectivity index is 4.11. The van der Waals surface area contributed by atoms with E-state index in [2.05, 4.69) is 11.8 Å². The molecule has 1 N–H and O–H groups in total. The summed E-state index contributed by atoms with van der Waals surface area (Å²) in [5, 5.41) is 6.85. The second-order valence-corrected chi connectivity index (χ2v) is 1.96. The number of rotatable bonds is 1. The smallest absolute Gasteiger partial charge is 0.121 e. The average Bonchev–Trinajstić information content (AvgIpc) is 1.63. The second kappa shape index (κ2) is 4.17. The lowest BCUT2D eigenvalue weighted by molar-refractivity contribution is 1.53. The molecule has 0 atom stereocenters. The number of nitrogens with one attached hydrogen (secondary N) is 1. The third kappa shape index (κ3) is 5.13. The molecule has 0 fully saturated rings. The summed E-state index contributed by atoms with van der Waals surface area (Å²) in [4.78, 5) is 0. The Morgan fingerprint density at radius 1 is 1.67 bits per heavy atom. The van der Waals surface area contributed by atoms with E-state index < -0.39 is 0 Å². The molecule has 0 aromatic rings. The predicted octanol–water partition coefficient (Wildman–Crippen LogP) is 2.17. The van der Waals surface area contributed by atoms with E-state index in [9.17, 15) is 0 Å². The van der Waals surface area contributed by atoms with E-state index in [-0.39, 0.29) is 5.17 Å². The molecule has 0 rings (SSSR count). The van der Waals surface area contributed by atoms with Gasteiger partial charge in [0.1, 0.15) is 5.17 Å². The first kappa shape index (κ1) is 8.26. The van der Waals surface area contributed by atoms with Crippen molar-refractivity contribution in [1.82, 2.24) is 0 Å². The normalized spacial score (nSPS) is 9.89. The quantitative estimate of drug-likeness (QED) is 0.428. The van der Waals surface area contributed by atoms with Crippen LogP contribution in [0.5, 0.6) is 0 Å². The van der Waals surface area contributed by atoms with Crippen molar-refractivity contribution in [2.45, 2.75) is 13.8 Å². The number of hydrogen-bond donors (Lipinski definition) is 1. The van der Waals surface area contributed by atoms with Gasteiger partial charge in [-0.25, -0.2) is 0 Å². The van der Waals surface area contributed by atoms with Crippen LogP contribution in [0.3, 0.4) is 0 Å². The van der Waals surface area contributed by atoms with Gasteiger partial charge in [-0.1, -0.05) is 17.5 Å². The fourth-order valence-electron chi connectivity index (χ4n) is 0.423. The summed E-state index contributed by atoms with van der Waals surface area (Å²) in [6, 6.07) is 0. The van der Waals surface area contributed by atoms with E-state index in [4.69, 9.17) is 17.0 Å². The number of hydrogen-bond acceptors (Lipinski definition) is 1. The minimum absolute atomic E-state index is 0.0234. The highest BCUT2D eigenvalue weighted by atomic mass is 35.5. The summed E-state index contributed by atoms with van der Waals surface area (Å²) in [6.45, 7) is 3.56. The highest BCUT2D eigenvalue weighted by Gasteiger charge is 1.82. The summed E-state index contributed by atoms with van der Waals surface area (Å²) >= 11 is 5.25. The number of halogens is 1. The third-order valence-electron chi connectivity index (χ3n) is 0.665. The molecule has 2 heteroatoms. The SMILES string of the molecule is CC#C/C(C)=C\C(=N)Cl. The summed E-state index contributed by atoms with van der Waals surface area (Å²) in [5.74, 6) is 5.46. The molecule has 0 aliphatic carbocycles. The van der Waals surface area contributed by atoms with Gasteiger partial charge in [-0.2, -0.15) is 0 Å². The molecule has 0 aromatic carbocycles. The van der Waals surface area contributed by atoms with Gasteiger partial charge in [-0.3, -0.25) is 5.41 Å². The maximum Gasteiger partial charge on any atom is 0.121 e. The van der Waals surface area contributed by atoms with E-state index in [1.54, 1.807) is 6.92 Å². The van der Waals surface area contributed by atoms with Crippen molar-refractivity contribution in [3.63, 3.8) is 0 Å². The van der Waals surface area contributed by atoms with Crippen molar-refractivity contribution in [3.8, 4) is 11.8 Å². The minimum atomic E-state index is 0.0234. The summed E-state index contributed by atoms with van der Waals surface area (Å²) in [6.07, 6.45) is 1.51. The van der Waals surface area contributed by atoms with Crippen LogP contribution in [0.25, 0.3) is 0 Å². The predicted molar refractivity (Wildman–Crippen MR) is 40.8 cm³/mol. The van der Waals surface area contributed by atoms with Crippen LogP contribution in [-0.2, 0) is 0 Å². The van der Waals surface area contributed by atoms with Crippen LogP contribution in [0.15, 0.2) is 11.6 Å². The topological polar surface area (TPSA) is 23.9 Å². The standard InChI is InChI=1S/C7H8ClN/c1-3-4-6(2)5-7(8)9/h5,9H,1-2H3/b6-5-,9-7?. The van der Waals surface area contributed by atoms with Gasteiger partial charge >= 0.3 is 0 Å². The maximum absolute atomic E-state index is 6.82. The molecule has 0 radical (unpaired) electrons.